The molecule has 0 aromatic heterocycles. The number of benzene rings is 2. The summed E-state index contributed by atoms with van der Waals surface area (Å²) in [6, 6.07) is 12.0. The Morgan fingerprint density at radius 1 is 1.09 bits per heavy atom. The zero-order valence-electron chi connectivity index (χ0n) is 12.6. The lowest BCUT2D eigenvalue weighted by molar-refractivity contribution is -0.137. The first-order chi connectivity index (χ1) is 10.8. The van der Waals surface area contributed by atoms with Gasteiger partial charge in [0.1, 0.15) is 11.8 Å². The second-order valence-electron chi connectivity index (χ2n) is 5.15. The largest absolute Gasteiger partial charge is 0.417 e. The van der Waals surface area contributed by atoms with Crippen LogP contribution in [0.25, 0.3) is 0 Å². The maximum atomic E-state index is 13.3. The Labute approximate surface area is 137 Å². The summed E-state index contributed by atoms with van der Waals surface area (Å²) in [4.78, 5) is 5.20. The summed E-state index contributed by atoms with van der Waals surface area (Å²) in [6.07, 6.45) is -4.78. The minimum absolute atomic E-state index is 0.0918. The molecule has 0 unspecified atom stereocenters. The van der Waals surface area contributed by atoms with Crippen molar-refractivity contribution >= 4 is 17.3 Å². The third-order valence-electron chi connectivity index (χ3n) is 2.94. The highest BCUT2D eigenvalue weighted by Gasteiger charge is 2.35. The van der Waals surface area contributed by atoms with Crippen LogP contribution >= 0.6 is 11.6 Å². The van der Waals surface area contributed by atoms with Crippen molar-refractivity contribution < 1.29 is 18.0 Å². The van der Waals surface area contributed by atoms with Gasteiger partial charge in [0.2, 0.25) is 0 Å². The van der Waals surface area contributed by atoms with Crippen LogP contribution in [0, 0.1) is 0 Å². The Balaban J connectivity index is 2.65. The fourth-order valence-corrected chi connectivity index (χ4v) is 2.14. The minimum atomic E-state index is -4.52. The average molecular weight is 342 g/mol. The van der Waals surface area contributed by atoms with Crippen molar-refractivity contribution in [2.24, 2.45) is 5.16 Å². The molecule has 0 aliphatic carbocycles. The molecule has 0 saturated carbocycles. The zero-order chi connectivity index (χ0) is 17.0. The highest BCUT2D eigenvalue weighted by molar-refractivity contribution is 6.31. The Hall–Kier alpha value is -2.01. The molecule has 0 radical (unpaired) electrons. The summed E-state index contributed by atoms with van der Waals surface area (Å²) in [5.74, 6) is 0. The maximum absolute atomic E-state index is 13.3. The highest BCUT2D eigenvalue weighted by atomic mass is 35.5. The third-order valence-corrected chi connectivity index (χ3v) is 3.18. The molecule has 0 amide bonds. The van der Waals surface area contributed by atoms with Gasteiger partial charge in [-0.05, 0) is 32.0 Å². The first-order valence-electron chi connectivity index (χ1n) is 6.95. The van der Waals surface area contributed by atoms with Gasteiger partial charge in [0.25, 0.3) is 0 Å². The van der Waals surface area contributed by atoms with E-state index in [2.05, 4.69) is 5.16 Å². The van der Waals surface area contributed by atoms with Crippen molar-refractivity contribution in [3.05, 3.63) is 70.2 Å². The third kappa shape index (κ3) is 4.48. The lowest BCUT2D eigenvalue weighted by atomic mass is 9.97. The molecular formula is C17H15ClF3NO. The van der Waals surface area contributed by atoms with Crippen LogP contribution in [0.3, 0.4) is 0 Å². The van der Waals surface area contributed by atoms with E-state index in [9.17, 15) is 13.2 Å². The predicted octanol–water partition coefficient (Wildman–Crippen LogP) is 5.54. The van der Waals surface area contributed by atoms with Crippen LogP contribution < -0.4 is 0 Å². The van der Waals surface area contributed by atoms with Crippen molar-refractivity contribution in [1.82, 2.24) is 0 Å². The van der Waals surface area contributed by atoms with Crippen molar-refractivity contribution in [2.45, 2.75) is 26.1 Å². The maximum Gasteiger partial charge on any atom is 0.417 e. The van der Waals surface area contributed by atoms with E-state index < -0.39 is 11.7 Å². The summed E-state index contributed by atoms with van der Waals surface area (Å²) < 4.78 is 39.9. The van der Waals surface area contributed by atoms with Crippen LogP contribution in [-0.2, 0) is 11.0 Å². The molecule has 2 aromatic rings. The second-order valence-corrected chi connectivity index (χ2v) is 5.58. The summed E-state index contributed by atoms with van der Waals surface area (Å²) >= 11 is 5.90. The van der Waals surface area contributed by atoms with E-state index in [1.807, 2.05) is 0 Å². The molecule has 0 aliphatic heterocycles. The molecule has 2 nitrogen and oxygen atoms in total. The van der Waals surface area contributed by atoms with E-state index in [0.717, 1.165) is 6.07 Å². The van der Waals surface area contributed by atoms with Crippen LogP contribution in [0.15, 0.2) is 53.7 Å². The summed E-state index contributed by atoms with van der Waals surface area (Å²) in [6.45, 7) is 3.49. The average Bonchev–Trinajstić information content (AvgIpc) is 2.47. The quantitative estimate of drug-likeness (QED) is 0.529. The van der Waals surface area contributed by atoms with Gasteiger partial charge < -0.3 is 4.84 Å². The highest BCUT2D eigenvalue weighted by Crippen LogP contribution is 2.34. The molecule has 2 rings (SSSR count). The molecule has 23 heavy (non-hydrogen) atoms. The van der Waals surface area contributed by atoms with E-state index in [4.69, 9.17) is 16.4 Å². The van der Waals surface area contributed by atoms with E-state index in [-0.39, 0.29) is 22.4 Å². The van der Waals surface area contributed by atoms with Crippen LogP contribution in [0.4, 0.5) is 13.2 Å². The monoisotopic (exact) mass is 341 g/mol. The number of hydrogen-bond acceptors (Lipinski definition) is 2. The number of halogens is 4. The Kier molecular flexibility index (Phi) is 5.31. The van der Waals surface area contributed by atoms with E-state index in [1.54, 1.807) is 44.2 Å². The van der Waals surface area contributed by atoms with Gasteiger partial charge in [-0.3, -0.25) is 0 Å². The smallest absolute Gasteiger partial charge is 0.393 e. The Bertz CT molecular complexity index is 697. The number of alkyl halides is 3. The predicted molar refractivity (Wildman–Crippen MR) is 84.8 cm³/mol. The van der Waals surface area contributed by atoms with Crippen LogP contribution in [0.5, 0.6) is 0 Å². The van der Waals surface area contributed by atoms with E-state index >= 15 is 0 Å². The van der Waals surface area contributed by atoms with Crippen LogP contribution in [0.2, 0.25) is 5.02 Å². The van der Waals surface area contributed by atoms with Crippen molar-refractivity contribution in [3.8, 4) is 0 Å². The van der Waals surface area contributed by atoms with E-state index in [1.165, 1.54) is 12.1 Å². The number of hydrogen-bond donors (Lipinski definition) is 0. The van der Waals surface area contributed by atoms with Crippen molar-refractivity contribution in [1.29, 1.82) is 0 Å². The Morgan fingerprint density at radius 2 is 1.74 bits per heavy atom. The van der Waals surface area contributed by atoms with Crippen molar-refractivity contribution in [2.75, 3.05) is 0 Å². The van der Waals surface area contributed by atoms with Crippen molar-refractivity contribution in [3.63, 3.8) is 0 Å². The lowest BCUT2D eigenvalue weighted by Crippen LogP contribution is -2.15. The van der Waals surface area contributed by atoms with Gasteiger partial charge in [0.15, 0.2) is 0 Å². The first kappa shape index (κ1) is 17.3. The van der Waals surface area contributed by atoms with Gasteiger partial charge in [-0.15, -0.1) is 0 Å². The molecule has 0 spiro atoms. The molecular weight excluding hydrogens is 327 g/mol. The summed E-state index contributed by atoms with van der Waals surface area (Å²) in [5, 5.41) is 4.13. The molecule has 0 fully saturated rings. The molecule has 0 atom stereocenters. The molecule has 0 N–H and O–H groups in total. The Morgan fingerprint density at radius 3 is 2.30 bits per heavy atom. The molecule has 0 heterocycles. The van der Waals surface area contributed by atoms with Crippen LogP contribution in [0.1, 0.15) is 30.5 Å². The summed E-state index contributed by atoms with van der Waals surface area (Å²) in [7, 11) is 0. The fourth-order valence-electron chi connectivity index (χ4n) is 1.97. The molecule has 122 valence electrons. The fraction of sp³-hybridized carbons (Fsp3) is 0.235. The number of nitrogens with zero attached hydrogens (tertiary/aromatic N) is 1. The van der Waals surface area contributed by atoms with Gasteiger partial charge >= 0.3 is 6.18 Å². The number of rotatable bonds is 4. The first-order valence-corrected chi connectivity index (χ1v) is 7.33. The topological polar surface area (TPSA) is 21.6 Å². The second kappa shape index (κ2) is 7.04. The van der Waals surface area contributed by atoms with E-state index in [0.29, 0.717) is 5.56 Å². The number of oxime groups is 1. The van der Waals surface area contributed by atoms with Gasteiger partial charge in [-0.2, -0.15) is 13.2 Å². The van der Waals surface area contributed by atoms with Gasteiger partial charge in [-0.25, -0.2) is 0 Å². The van der Waals surface area contributed by atoms with Gasteiger partial charge in [0, 0.05) is 16.1 Å². The minimum Gasteiger partial charge on any atom is -0.393 e. The molecule has 0 saturated heterocycles. The van der Waals surface area contributed by atoms with Crippen LogP contribution in [-0.4, -0.2) is 11.8 Å². The zero-order valence-corrected chi connectivity index (χ0v) is 13.3. The van der Waals surface area contributed by atoms with Gasteiger partial charge in [-0.1, -0.05) is 47.1 Å². The SMILES string of the molecule is CC(C)O/N=C(\c1ccccc1)c1cc(Cl)ccc1C(F)(F)F. The van der Waals surface area contributed by atoms with Gasteiger partial charge in [0.05, 0.1) is 5.56 Å². The molecule has 6 heteroatoms. The molecule has 0 aliphatic rings. The lowest BCUT2D eigenvalue weighted by Gasteiger charge is -2.15. The molecule has 0 bridgehead atoms. The standard InChI is InChI=1S/C17H15ClF3NO/c1-11(2)23-22-16(12-6-4-3-5-7-12)14-10-13(18)8-9-15(14)17(19,20)21/h3-11H,1-2H3/b22-16+. The normalized spacial score (nSPS) is 12.6. The summed E-state index contributed by atoms with van der Waals surface area (Å²) in [5.41, 5.74) is -0.316. The molecule has 2 aromatic carbocycles.